The van der Waals surface area contributed by atoms with Crippen LogP contribution in [0.5, 0.6) is 0 Å². The van der Waals surface area contributed by atoms with Crippen molar-refractivity contribution in [1.29, 1.82) is 0 Å². The SMILES string of the molecule is CC.CC(=O)OCc1ccc(NC(C)C)cc1C(=O)NCCNC(=O)C(C)(C)CCOC(C)CCC(=O)O. The molecule has 0 aliphatic heterocycles. The van der Waals surface area contributed by atoms with Crippen LogP contribution in [-0.2, 0) is 30.5 Å². The molecule has 1 aromatic rings. The summed E-state index contributed by atoms with van der Waals surface area (Å²) in [7, 11) is 0. The van der Waals surface area contributed by atoms with E-state index in [9.17, 15) is 19.2 Å². The zero-order valence-electron chi connectivity index (χ0n) is 24.2. The minimum absolute atomic E-state index is 0.0119. The lowest BCUT2D eigenvalue weighted by Crippen LogP contribution is -2.41. The third-order valence-corrected chi connectivity index (χ3v) is 5.45. The van der Waals surface area contributed by atoms with Gasteiger partial charge in [-0.3, -0.25) is 19.2 Å². The van der Waals surface area contributed by atoms with E-state index in [2.05, 4.69) is 16.0 Å². The van der Waals surface area contributed by atoms with E-state index in [4.69, 9.17) is 14.6 Å². The molecule has 0 aliphatic rings. The highest BCUT2D eigenvalue weighted by atomic mass is 16.5. The molecule has 216 valence electrons. The number of carbonyl (C=O) groups excluding carboxylic acids is 3. The van der Waals surface area contributed by atoms with Crippen LogP contribution in [0, 0.1) is 5.41 Å². The maximum atomic E-state index is 12.8. The Hall–Kier alpha value is -3.14. The molecule has 1 rings (SSSR count). The Morgan fingerprint density at radius 3 is 2.24 bits per heavy atom. The highest BCUT2D eigenvalue weighted by Crippen LogP contribution is 2.21. The van der Waals surface area contributed by atoms with Crippen molar-refractivity contribution < 1.29 is 33.8 Å². The topological polar surface area (TPSA) is 143 Å². The number of amides is 2. The van der Waals surface area contributed by atoms with E-state index in [0.29, 0.717) is 30.6 Å². The second kappa shape index (κ2) is 18.2. The highest BCUT2D eigenvalue weighted by Gasteiger charge is 2.27. The quantitative estimate of drug-likeness (QED) is 0.182. The summed E-state index contributed by atoms with van der Waals surface area (Å²) in [6, 6.07) is 5.47. The number of carboxylic acid groups (broad SMARTS) is 1. The second-order valence-electron chi connectivity index (χ2n) is 9.71. The number of hydrogen-bond acceptors (Lipinski definition) is 7. The first-order valence-corrected chi connectivity index (χ1v) is 13.2. The van der Waals surface area contributed by atoms with Crippen molar-refractivity contribution >= 4 is 29.4 Å². The molecule has 1 unspecified atom stereocenters. The summed E-state index contributed by atoms with van der Waals surface area (Å²) in [6.07, 6.45) is 0.731. The Morgan fingerprint density at radius 1 is 1.03 bits per heavy atom. The predicted octanol–water partition coefficient (Wildman–Crippen LogP) is 4.13. The molecule has 0 aromatic heterocycles. The van der Waals surface area contributed by atoms with Gasteiger partial charge in [0.25, 0.3) is 5.91 Å². The largest absolute Gasteiger partial charge is 0.481 e. The zero-order valence-corrected chi connectivity index (χ0v) is 24.2. The number of rotatable bonds is 16. The van der Waals surface area contributed by atoms with E-state index in [1.165, 1.54) is 6.92 Å². The van der Waals surface area contributed by atoms with Crippen LogP contribution in [0.25, 0.3) is 0 Å². The minimum Gasteiger partial charge on any atom is -0.481 e. The van der Waals surface area contributed by atoms with E-state index in [1.54, 1.807) is 26.0 Å². The van der Waals surface area contributed by atoms with Crippen LogP contribution in [-0.4, -0.2) is 60.7 Å². The van der Waals surface area contributed by atoms with Gasteiger partial charge in [0, 0.05) is 61.3 Å². The molecule has 0 saturated heterocycles. The molecule has 0 fully saturated rings. The van der Waals surface area contributed by atoms with Gasteiger partial charge in [-0.1, -0.05) is 33.8 Å². The number of carboxylic acids is 1. The average molecular weight is 538 g/mol. The Bertz CT molecular complexity index is 900. The van der Waals surface area contributed by atoms with E-state index >= 15 is 0 Å². The molecule has 1 aromatic carbocycles. The lowest BCUT2D eigenvalue weighted by molar-refractivity contribution is -0.142. The van der Waals surface area contributed by atoms with Crippen LogP contribution in [0.3, 0.4) is 0 Å². The van der Waals surface area contributed by atoms with E-state index < -0.39 is 17.4 Å². The summed E-state index contributed by atoms with van der Waals surface area (Å²) in [5.41, 5.74) is 1.06. The number of carbonyl (C=O) groups is 4. The lowest BCUT2D eigenvalue weighted by atomic mass is 9.88. The molecule has 0 bridgehead atoms. The molecular formula is C28H47N3O7. The van der Waals surface area contributed by atoms with Crippen LogP contribution in [0.4, 0.5) is 5.69 Å². The summed E-state index contributed by atoms with van der Waals surface area (Å²) < 4.78 is 10.7. The maximum Gasteiger partial charge on any atom is 0.303 e. The third-order valence-electron chi connectivity index (χ3n) is 5.45. The lowest BCUT2D eigenvalue weighted by Gasteiger charge is -2.24. The smallest absolute Gasteiger partial charge is 0.303 e. The van der Waals surface area contributed by atoms with Gasteiger partial charge < -0.3 is 30.5 Å². The minimum atomic E-state index is -0.863. The number of hydrogen-bond donors (Lipinski definition) is 4. The average Bonchev–Trinajstić information content (AvgIpc) is 2.84. The van der Waals surface area contributed by atoms with Crippen molar-refractivity contribution in [3.05, 3.63) is 29.3 Å². The van der Waals surface area contributed by atoms with E-state index in [1.807, 2.05) is 40.7 Å². The van der Waals surface area contributed by atoms with Crippen molar-refractivity contribution in [3.63, 3.8) is 0 Å². The van der Waals surface area contributed by atoms with Crippen molar-refractivity contribution in [2.45, 2.75) is 93.4 Å². The van der Waals surface area contributed by atoms with Crippen LogP contribution in [0.2, 0.25) is 0 Å². The number of ether oxygens (including phenoxy) is 2. The van der Waals surface area contributed by atoms with E-state index in [-0.39, 0.29) is 50.1 Å². The Labute approximate surface area is 227 Å². The van der Waals surface area contributed by atoms with Crippen molar-refractivity contribution in [3.8, 4) is 0 Å². The molecular weight excluding hydrogens is 490 g/mol. The predicted molar refractivity (Wildman–Crippen MR) is 148 cm³/mol. The number of aliphatic carboxylic acids is 1. The molecule has 1 atom stereocenters. The second-order valence-corrected chi connectivity index (χ2v) is 9.71. The molecule has 0 radical (unpaired) electrons. The molecule has 2 amide bonds. The van der Waals surface area contributed by atoms with Crippen LogP contribution in [0.1, 0.15) is 90.6 Å². The highest BCUT2D eigenvalue weighted by molar-refractivity contribution is 5.96. The fraction of sp³-hybridized carbons (Fsp3) is 0.643. The van der Waals surface area contributed by atoms with Gasteiger partial charge in [-0.05, 0) is 45.7 Å². The van der Waals surface area contributed by atoms with Crippen LogP contribution >= 0.6 is 0 Å². The third kappa shape index (κ3) is 14.6. The molecule has 38 heavy (non-hydrogen) atoms. The molecule has 0 aliphatic carbocycles. The molecule has 4 N–H and O–H groups in total. The van der Waals surface area contributed by atoms with Crippen molar-refractivity contribution in [2.75, 3.05) is 25.0 Å². The summed E-state index contributed by atoms with van der Waals surface area (Å²) >= 11 is 0. The summed E-state index contributed by atoms with van der Waals surface area (Å²) in [6.45, 7) is 15.5. The summed E-state index contributed by atoms with van der Waals surface area (Å²) in [5, 5.41) is 17.6. The zero-order chi connectivity index (χ0) is 29.3. The molecule has 10 heteroatoms. The fourth-order valence-electron chi connectivity index (χ4n) is 3.24. The standard InChI is InChI=1S/C26H41N3O7.C2H6/c1-17(2)29-21-9-8-20(16-36-19(4)30)22(15-21)24(33)27-12-13-28-25(34)26(5,6)11-14-35-18(3)7-10-23(31)32;1-2/h8-9,15,17-18,29H,7,10-14,16H2,1-6H3,(H,27,33)(H,28,34)(H,31,32);1-2H3. The first kappa shape index (κ1) is 34.9. The Morgan fingerprint density at radius 2 is 1.66 bits per heavy atom. The maximum absolute atomic E-state index is 12.8. The number of anilines is 1. The van der Waals surface area contributed by atoms with Crippen molar-refractivity contribution in [2.24, 2.45) is 5.41 Å². The Kier molecular flexibility index (Phi) is 16.7. The van der Waals surface area contributed by atoms with Gasteiger partial charge in [0.1, 0.15) is 6.61 Å². The first-order valence-electron chi connectivity index (χ1n) is 13.2. The van der Waals surface area contributed by atoms with Crippen LogP contribution < -0.4 is 16.0 Å². The number of nitrogens with one attached hydrogen (secondary N) is 3. The van der Waals surface area contributed by atoms with Gasteiger partial charge in [0.15, 0.2) is 0 Å². The van der Waals surface area contributed by atoms with E-state index in [0.717, 1.165) is 5.69 Å². The normalized spacial score (nSPS) is 11.6. The van der Waals surface area contributed by atoms with Gasteiger partial charge in [0.2, 0.25) is 5.91 Å². The summed E-state index contributed by atoms with van der Waals surface area (Å²) in [5.74, 6) is -1.80. The van der Waals surface area contributed by atoms with Gasteiger partial charge in [-0.15, -0.1) is 0 Å². The number of esters is 1. The summed E-state index contributed by atoms with van der Waals surface area (Å²) in [4.78, 5) is 47.3. The van der Waals surface area contributed by atoms with Gasteiger partial charge in [0.05, 0.1) is 6.10 Å². The van der Waals surface area contributed by atoms with Crippen molar-refractivity contribution in [1.82, 2.24) is 10.6 Å². The molecule has 10 nitrogen and oxygen atoms in total. The molecule has 0 spiro atoms. The molecule has 0 saturated carbocycles. The van der Waals surface area contributed by atoms with Gasteiger partial charge >= 0.3 is 11.9 Å². The van der Waals surface area contributed by atoms with Gasteiger partial charge in [-0.2, -0.15) is 0 Å². The fourth-order valence-corrected chi connectivity index (χ4v) is 3.24. The van der Waals surface area contributed by atoms with Gasteiger partial charge in [-0.25, -0.2) is 0 Å². The first-order chi connectivity index (χ1) is 17.8. The van der Waals surface area contributed by atoms with Crippen LogP contribution in [0.15, 0.2) is 18.2 Å². The number of benzene rings is 1. The monoisotopic (exact) mass is 537 g/mol. The Balaban J connectivity index is 0.00000667. The molecule has 0 heterocycles.